The number of imidazole rings is 1. The number of primary amides is 1. The minimum atomic E-state index is -0.257. The number of fused-ring (bicyclic) bond motifs is 1. The number of amides is 1. The number of halogens is 2. The lowest BCUT2D eigenvalue weighted by Gasteiger charge is -2.29. The number of carbonyl (C=O) groups is 1. The molecule has 0 unspecified atom stereocenters. The van der Waals surface area contributed by atoms with Crippen molar-refractivity contribution in [3.63, 3.8) is 0 Å². The van der Waals surface area contributed by atoms with Crippen molar-refractivity contribution in [3.8, 4) is 0 Å². The summed E-state index contributed by atoms with van der Waals surface area (Å²) in [4.78, 5) is 25.3. The third kappa shape index (κ3) is 4.60. The molecular weight excluding hydrogens is 453 g/mol. The highest BCUT2D eigenvalue weighted by atomic mass is 35.5. The summed E-state index contributed by atoms with van der Waals surface area (Å²) in [5, 5.41) is 16.6. The van der Waals surface area contributed by atoms with Crippen LogP contribution in [0.15, 0.2) is 24.4 Å². The molecule has 1 saturated carbocycles. The number of para-hydroxylation sites is 1. The van der Waals surface area contributed by atoms with Crippen molar-refractivity contribution in [1.82, 2.24) is 19.5 Å². The molecule has 9 nitrogen and oxygen atoms in total. The zero-order chi connectivity index (χ0) is 22.8. The minimum Gasteiger partial charge on any atom is -0.394 e. The Morgan fingerprint density at radius 3 is 2.56 bits per heavy atom. The van der Waals surface area contributed by atoms with E-state index in [0.29, 0.717) is 51.6 Å². The van der Waals surface area contributed by atoms with E-state index < -0.39 is 0 Å². The number of rotatable bonds is 7. The van der Waals surface area contributed by atoms with Crippen LogP contribution in [0.2, 0.25) is 10.0 Å². The van der Waals surface area contributed by atoms with E-state index >= 15 is 0 Å². The van der Waals surface area contributed by atoms with Crippen LogP contribution in [0.5, 0.6) is 0 Å². The van der Waals surface area contributed by atoms with Crippen molar-refractivity contribution >= 4 is 57.9 Å². The van der Waals surface area contributed by atoms with E-state index in [9.17, 15) is 9.90 Å². The summed E-state index contributed by atoms with van der Waals surface area (Å²) in [6.45, 7) is 1.79. The molecule has 4 rings (SSSR count). The van der Waals surface area contributed by atoms with Crippen LogP contribution in [0, 0.1) is 5.92 Å². The number of nitrogens with zero attached hydrogens (tertiary/aromatic N) is 4. The molecule has 2 heterocycles. The van der Waals surface area contributed by atoms with Crippen molar-refractivity contribution in [2.24, 2.45) is 11.7 Å². The summed E-state index contributed by atoms with van der Waals surface area (Å²) in [6.07, 6.45) is 4.54. The number of carbonyl (C=O) groups excluding carboxylic acids is 1. The van der Waals surface area contributed by atoms with Crippen molar-refractivity contribution in [2.45, 2.75) is 44.7 Å². The van der Waals surface area contributed by atoms with Gasteiger partial charge in [0, 0.05) is 18.0 Å². The number of nitrogens with two attached hydrogens (primary N) is 1. The van der Waals surface area contributed by atoms with Crippen LogP contribution in [0.3, 0.4) is 0 Å². The zero-order valence-electron chi connectivity index (χ0n) is 17.6. The molecule has 32 heavy (non-hydrogen) atoms. The molecule has 1 amide bonds. The maximum Gasteiger partial charge on any atom is 0.225 e. The molecule has 1 aliphatic rings. The van der Waals surface area contributed by atoms with Crippen LogP contribution in [0.25, 0.3) is 11.2 Å². The Morgan fingerprint density at radius 2 is 1.94 bits per heavy atom. The molecule has 11 heteroatoms. The van der Waals surface area contributed by atoms with E-state index in [2.05, 4.69) is 20.6 Å². The lowest BCUT2D eigenvalue weighted by atomic mass is 9.85. The van der Waals surface area contributed by atoms with Crippen molar-refractivity contribution in [2.75, 3.05) is 17.2 Å². The Hall–Kier alpha value is -2.62. The summed E-state index contributed by atoms with van der Waals surface area (Å²) in [5.41, 5.74) is 7.32. The molecule has 1 aromatic carbocycles. The monoisotopic (exact) mass is 477 g/mol. The van der Waals surface area contributed by atoms with Crippen molar-refractivity contribution < 1.29 is 9.90 Å². The third-order valence-corrected chi connectivity index (χ3v) is 6.38. The highest BCUT2D eigenvalue weighted by molar-refractivity contribution is 6.39. The molecule has 1 atom stereocenters. The second kappa shape index (κ2) is 9.48. The van der Waals surface area contributed by atoms with E-state index in [-0.39, 0.29) is 30.5 Å². The first-order valence-corrected chi connectivity index (χ1v) is 11.3. The molecule has 0 bridgehead atoms. The van der Waals surface area contributed by atoms with Gasteiger partial charge < -0.3 is 21.5 Å². The number of nitrogens with one attached hydrogen (secondary N) is 2. The number of anilines is 3. The summed E-state index contributed by atoms with van der Waals surface area (Å²) in [6, 6.07) is 5.12. The molecule has 0 radical (unpaired) electrons. The largest absolute Gasteiger partial charge is 0.394 e. The quantitative estimate of drug-likeness (QED) is 0.405. The molecular formula is C21H25Cl2N7O2. The van der Waals surface area contributed by atoms with Gasteiger partial charge in [-0.2, -0.15) is 4.98 Å². The highest BCUT2D eigenvalue weighted by Crippen LogP contribution is 2.39. The Morgan fingerprint density at radius 1 is 1.25 bits per heavy atom. The van der Waals surface area contributed by atoms with Gasteiger partial charge in [0.15, 0.2) is 5.65 Å². The maximum atomic E-state index is 11.6. The van der Waals surface area contributed by atoms with E-state index in [1.54, 1.807) is 24.4 Å². The zero-order valence-corrected chi connectivity index (χ0v) is 19.1. The predicted molar refractivity (Wildman–Crippen MR) is 125 cm³/mol. The number of aromatic nitrogens is 4. The van der Waals surface area contributed by atoms with Gasteiger partial charge in [-0.1, -0.05) is 29.3 Å². The van der Waals surface area contributed by atoms with E-state index in [1.165, 1.54) is 0 Å². The smallest absolute Gasteiger partial charge is 0.225 e. The van der Waals surface area contributed by atoms with Crippen LogP contribution in [0.1, 0.15) is 38.6 Å². The number of aliphatic hydroxyl groups is 1. The van der Waals surface area contributed by atoms with Gasteiger partial charge in [-0.05, 0) is 44.7 Å². The SMILES string of the molecule is C[C@@H](CO)Nc1ncc2nc(Nc3c(Cl)cccc3Cl)n([C@H]3CC[C@@H](C(N)=O)CC3)c2n1. The van der Waals surface area contributed by atoms with Crippen molar-refractivity contribution in [3.05, 3.63) is 34.4 Å². The second-order valence-corrected chi connectivity index (χ2v) is 8.88. The van der Waals surface area contributed by atoms with E-state index in [1.807, 2.05) is 11.5 Å². The summed E-state index contributed by atoms with van der Waals surface area (Å²) in [5.74, 6) is 0.562. The minimum absolute atomic E-state index is 0.0460. The number of benzene rings is 1. The molecule has 1 aliphatic carbocycles. The first-order chi connectivity index (χ1) is 15.4. The fourth-order valence-corrected chi connectivity index (χ4v) is 4.50. The van der Waals surface area contributed by atoms with Gasteiger partial charge >= 0.3 is 0 Å². The Balaban J connectivity index is 1.76. The summed E-state index contributed by atoms with van der Waals surface area (Å²) < 4.78 is 2.02. The van der Waals surface area contributed by atoms with Gasteiger partial charge in [0.05, 0.1) is 28.5 Å². The standard InChI is InChI=1S/C21H25Cl2N7O2/c1-11(10-31)26-20-25-9-16-19(29-20)30(13-7-5-12(6-8-13)18(24)32)21(27-16)28-17-14(22)3-2-4-15(17)23/h2-4,9,11-13,31H,5-8,10H2,1H3,(H2,24,32)(H,27,28)(H,25,26,29)/t11-,12-,13+/m0/s1. The van der Waals surface area contributed by atoms with Crippen LogP contribution >= 0.6 is 23.2 Å². The molecule has 0 saturated heterocycles. The van der Waals surface area contributed by atoms with E-state index in [4.69, 9.17) is 33.9 Å². The van der Waals surface area contributed by atoms with Gasteiger partial charge in [0.1, 0.15) is 5.52 Å². The van der Waals surface area contributed by atoms with Gasteiger partial charge in [0.2, 0.25) is 17.8 Å². The first kappa shape index (κ1) is 22.6. The lowest BCUT2D eigenvalue weighted by molar-refractivity contribution is -0.122. The molecule has 170 valence electrons. The number of aliphatic hydroxyl groups excluding tert-OH is 1. The first-order valence-electron chi connectivity index (χ1n) is 10.5. The van der Waals surface area contributed by atoms with Crippen molar-refractivity contribution in [1.29, 1.82) is 0 Å². The van der Waals surface area contributed by atoms with Crippen LogP contribution < -0.4 is 16.4 Å². The molecule has 1 fully saturated rings. The highest BCUT2D eigenvalue weighted by Gasteiger charge is 2.29. The lowest BCUT2D eigenvalue weighted by Crippen LogP contribution is -2.29. The van der Waals surface area contributed by atoms with Gasteiger partial charge in [0.25, 0.3) is 0 Å². The average Bonchev–Trinajstić information content (AvgIpc) is 3.13. The average molecular weight is 478 g/mol. The Bertz CT molecular complexity index is 1110. The van der Waals surface area contributed by atoms with Gasteiger partial charge in [-0.15, -0.1) is 0 Å². The normalized spacial score (nSPS) is 19.6. The Kier molecular flexibility index (Phi) is 6.68. The van der Waals surface area contributed by atoms with Crippen LogP contribution in [-0.4, -0.2) is 43.2 Å². The third-order valence-electron chi connectivity index (χ3n) is 5.75. The maximum absolute atomic E-state index is 11.6. The number of hydrogen-bond donors (Lipinski definition) is 4. The molecule has 3 aromatic rings. The van der Waals surface area contributed by atoms with Gasteiger partial charge in [-0.25, -0.2) is 9.97 Å². The Labute approximate surface area is 195 Å². The van der Waals surface area contributed by atoms with Crippen LogP contribution in [-0.2, 0) is 4.79 Å². The van der Waals surface area contributed by atoms with E-state index in [0.717, 1.165) is 12.8 Å². The summed E-state index contributed by atoms with van der Waals surface area (Å²) >= 11 is 12.7. The van der Waals surface area contributed by atoms with Crippen LogP contribution in [0.4, 0.5) is 17.6 Å². The molecule has 2 aromatic heterocycles. The second-order valence-electron chi connectivity index (χ2n) is 8.07. The predicted octanol–water partition coefficient (Wildman–Crippen LogP) is 3.89. The van der Waals surface area contributed by atoms with Gasteiger partial charge in [-0.3, -0.25) is 9.36 Å². The molecule has 0 aliphatic heterocycles. The fourth-order valence-electron chi connectivity index (χ4n) is 4.01. The number of hydrogen-bond acceptors (Lipinski definition) is 7. The molecule has 5 N–H and O–H groups in total. The summed E-state index contributed by atoms with van der Waals surface area (Å²) in [7, 11) is 0. The fraction of sp³-hybridized carbons (Fsp3) is 0.429. The molecule has 0 spiro atoms. The topological polar surface area (TPSA) is 131 Å².